The van der Waals surface area contributed by atoms with Crippen LogP contribution in [0.2, 0.25) is 0 Å². The van der Waals surface area contributed by atoms with Crippen molar-refractivity contribution in [2.45, 2.75) is 32.2 Å². The second kappa shape index (κ2) is 6.10. The van der Waals surface area contributed by atoms with Crippen molar-refractivity contribution in [2.75, 3.05) is 11.1 Å². The first-order chi connectivity index (χ1) is 10.7. The van der Waals surface area contributed by atoms with Gasteiger partial charge in [0, 0.05) is 17.3 Å². The maximum atomic E-state index is 12.0. The van der Waals surface area contributed by atoms with Crippen molar-refractivity contribution in [3.05, 3.63) is 53.6 Å². The average Bonchev–Trinajstić information content (AvgIpc) is 3.33. The highest BCUT2D eigenvalue weighted by atomic mass is 16.1. The van der Waals surface area contributed by atoms with Gasteiger partial charge in [-0.2, -0.15) is 0 Å². The van der Waals surface area contributed by atoms with Crippen molar-refractivity contribution in [1.29, 1.82) is 0 Å². The molecule has 22 heavy (non-hydrogen) atoms. The zero-order valence-corrected chi connectivity index (χ0v) is 12.7. The molecule has 4 heteroatoms. The van der Waals surface area contributed by atoms with E-state index in [0.717, 1.165) is 30.6 Å². The molecule has 0 radical (unpaired) electrons. The van der Waals surface area contributed by atoms with Crippen LogP contribution in [0.5, 0.6) is 0 Å². The minimum atomic E-state index is -0.0466. The number of anilines is 3. The van der Waals surface area contributed by atoms with Crippen LogP contribution in [0.25, 0.3) is 0 Å². The van der Waals surface area contributed by atoms with E-state index in [4.69, 9.17) is 5.73 Å². The predicted octanol–water partition coefficient (Wildman–Crippen LogP) is 3.47. The van der Waals surface area contributed by atoms with E-state index in [1.165, 1.54) is 5.56 Å². The molecule has 1 aliphatic rings. The summed E-state index contributed by atoms with van der Waals surface area (Å²) >= 11 is 0. The second-order valence-electron chi connectivity index (χ2n) is 5.69. The Balaban J connectivity index is 1.78. The quantitative estimate of drug-likeness (QED) is 0.740. The zero-order chi connectivity index (χ0) is 15.5. The van der Waals surface area contributed by atoms with E-state index in [-0.39, 0.29) is 5.91 Å². The lowest BCUT2D eigenvalue weighted by Gasteiger charge is -2.14. The molecule has 1 fully saturated rings. The molecule has 0 unspecified atom stereocenters. The Morgan fingerprint density at radius 1 is 1.18 bits per heavy atom. The molecule has 0 aromatic heterocycles. The van der Waals surface area contributed by atoms with Gasteiger partial charge in [0.25, 0.3) is 5.91 Å². The fourth-order valence-corrected chi connectivity index (χ4v) is 2.41. The Hall–Kier alpha value is -2.49. The molecule has 0 atom stereocenters. The largest absolute Gasteiger partial charge is 0.397 e. The molecule has 3 rings (SSSR count). The van der Waals surface area contributed by atoms with Crippen LogP contribution in [-0.2, 0) is 6.42 Å². The minimum Gasteiger partial charge on any atom is -0.397 e. The molecule has 2 aromatic carbocycles. The van der Waals surface area contributed by atoms with Gasteiger partial charge in [0.2, 0.25) is 0 Å². The molecule has 114 valence electrons. The van der Waals surface area contributed by atoms with E-state index >= 15 is 0 Å². The highest BCUT2D eigenvalue weighted by Crippen LogP contribution is 2.27. The lowest BCUT2D eigenvalue weighted by Crippen LogP contribution is -2.25. The highest BCUT2D eigenvalue weighted by molar-refractivity contribution is 5.96. The Morgan fingerprint density at radius 3 is 2.64 bits per heavy atom. The Labute approximate surface area is 130 Å². The van der Waals surface area contributed by atoms with Crippen molar-refractivity contribution < 1.29 is 4.79 Å². The standard InChI is InChI=1S/C18H21N3O/c1-2-12-5-3-4-6-16(12)21-17-10-7-13(11-15(17)19)18(22)20-14-8-9-14/h3-7,10-11,14,21H,2,8-9,19H2,1H3,(H,20,22). The zero-order valence-electron chi connectivity index (χ0n) is 12.7. The summed E-state index contributed by atoms with van der Waals surface area (Å²) in [5.74, 6) is -0.0466. The van der Waals surface area contributed by atoms with Gasteiger partial charge >= 0.3 is 0 Å². The number of para-hydroxylation sites is 1. The summed E-state index contributed by atoms with van der Waals surface area (Å²) in [6, 6.07) is 13.9. The van der Waals surface area contributed by atoms with Crippen LogP contribution in [0.3, 0.4) is 0 Å². The number of amides is 1. The van der Waals surface area contributed by atoms with Gasteiger partial charge in [-0.25, -0.2) is 0 Å². The van der Waals surface area contributed by atoms with Gasteiger partial charge in [0.1, 0.15) is 0 Å². The number of hydrogen-bond donors (Lipinski definition) is 3. The number of nitrogens with one attached hydrogen (secondary N) is 2. The molecule has 0 spiro atoms. The highest BCUT2D eigenvalue weighted by Gasteiger charge is 2.23. The Bertz CT molecular complexity index is 692. The Kier molecular flexibility index (Phi) is 4.00. The summed E-state index contributed by atoms with van der Waals surface area (Å²) in [5.41, 5.74) is 10.4. The van der Waals surface area contributed by atoms with E-state index in [1.807, 2.05) is 30.3 Å². The molecular weight excluding hydrogens is 274 g/mol. The monoisotopic (exact) mass is 295 g/mol. The first-order valence-electron chi connectivity index (χ1n) is 7.72. The first-order valence-corrected chi connectivity index (χ1v) is 7.72. The van der Waals surface area contributed by atoms with Gasteiger partial charge in [-0.1, -0.05) is 25.1 Å². The number of hydrogen-bond acceptors (Lipinski definition) is 3. The van der Waals surface area contributed by atoms with Crippen molar-refractivity contribution in [3.63, 3.8) is 0 Å². The molecule has 4 N–H and O–H groups in total. The van der Waals surface area contributed by atoms with Gasteiger partial charge in [-0.05, 0) is 49.1 Å². The minimum absolute atomic E-state index is 0.0466. The molecule has 1 amide bonds. The van der Waals surface area contributed by atoms with Crippen LogP contribution in [0.15, 0.2) is 42.5 Å². The number of benzene rings is 2. The van der Waals surface area contributed by atoms with Crippen molar-refractivity contribution >= 4 is 23.0 Å². The van der Waals surface area contributed by atoms with Crippen molar-refractivity contribution in [3.8, 4) is 0 Å². The second-order valence-corrected chi connectivity index (χ2v) is 5.69. The van der Waals surface area contributed by atoms with Crippen LogP contribution in [0, 0.1) is 0 Å². The summed E-state index contributed by atoms with van der Waals surface area (Å²) in [5, 5.41) is 6.32. The van der Waals surface area contributed by atoms with Gasteiger partial charge in [-0.15, -0.1) is 0 Å². The molecule has 0 bridgehead atoms. The Morgan fingerprint density at radius 2 is 1.95 bits per heavy atom. The average molecular weight is 295 g/mol. The summed E-state index contributed by atoms with van der Waals surface area (Å²) in [7, 11) is 0. The predicted molar refractivity (Wildman–Crippen MR) is 90.4 cm³/mol. The van der Waals surface area contributed by atoms with Crippen molar-refractivity contribution in [1.82, 2.24) is 5.32 Å². The van der Waals surface area contributed by atoms with E-state index in [2.05, 4.69) is 23.6 Å². The molecule has 0 aliphatic heterocycles. The number of carbonyl (C=O) groups is 1. The van der Waals surface area contributed by atoms with Crippen LogP contribution in [0.1, 0.15) is 35.7 Å². The van der Waals surface area contributed by atoms with Gasteiger partial charge in [0.15, 0.2) is 0 Å². The van der Waals surface area contributed by atoms with Crippen molar-refractivity contribution in [2.24, 2.45) is 0 Å². The molecule has 4 nitrogen and oxygen atoms in total. The smallest absolute Gasteiger partial charge is 0.251 e. The van der Waals surface area contributed by atoms with E-state index < -0.39 is 0 Å². The topological polar surface area (TPSA) is 67.2 Å². The van der Waals surface area contributed by atoms with E-state index in [0.29, 0.717) is 17.3 Å². The summed E-state index contributed by atoms with van der Waals surface area (Å²) in [6.45, 7) is 2.12. The maximum Gasteiger partial charge on any atom is 0.251 e. The number of carbonyl (C=O) groups excluding carboxylic acids is 1. The summed E-state index contributed by atoms with van der Waals surface area (Å²) in [4.78, 5) is 12.0. The fourth-order valence-electron chi connectivity index (χ4n) is 2.41. The lowest BCUT2D eigenvalue weighted by atomic mass is 10.1. The lowest BCUT2D eigenvalue weighted by molar-refractivity contribution is 0.0951. The van der Waals surface area contributed by atoms with Crippen LogP contribution < -0.4 is 16.4 Å². The van der Waals surface area contributed by atoms with Crippen LogP contribution in [-0.4, -0.2) is 11.9 Å². The van der Waals surface area contributed by atoms with E-state index in [1.54, 1.807) is 6.07 Å². The molecule has 1 saturated carbocycles. The third-order valence-electron chi connectivity index (χ3n) is 3.89. The SMILES string of the molecule is CCc1ccccc1Nc1ccc(C(=O)NC2CC2)cc1N. The number of aryl methyl sites for hydroxylation is 1. The fraction of sp³-hybridized carbons (Fsp3) is 0.278. The normalized spacial score (nSPS) is 13.7. The summed E-state index contributed by atoms with van der Waals surface area (Å²) in [6.07, 6.45) is 3.11. The molecule has 2 aromatic rings. The summed E-state index contributed by atoms with van der Waals surface area (Å²) < 4.78 is 0. The molecule has 1 aliphatic carbocycles. The van der Waals surface area contributed by atoms with E-state index in [9.17, 15) is 4.79 Å². The number of nitrogen functional groups attached to an aromatic ring is 1. The third kappa shape index (κ3) is 3.22. The number of rotatable bonds is 5. The first kappa shape index (κ1) is 14.4. The molecular formula is C18H21N3O. The maximum absolute atomic E-state index is 12.0. The van der Waals surface area contributed by atoms with Crippen LogP contribution in [0.4, 0.5) is 17.1 Å². The van der Waals surface area contributed by atoms with Crippen LogP contribution >= 0.6 is 0 Å². The van der Waals surface area contributed by atoms with Gasteiger partial charge < -0.3 is 16.4 Å². The molecule has 0 heterocycles. The number of nitrogens with two attached hydrogens (primary N) is 1. The third-order valence-corrected chi connectivity index (χ3v) is 3.89. The van der Waals surface area contributed by atoms with Gasteiger partial charge in [-0.3, -0.25) is 4.79 Å². The van der Waals surface area contributed by atoms with Gasteiger partial charge in [0.05, 0.1) is 11.4 Å². The molecule has 0 saturated heterocycles.